The molecule has 0 atom stereocenters. The molecule has 1 aromatic rings. The van der Waals surface area contributed by atoms with Gasteiger partial charge in [0.1, 0.15) is 6.33 Å². The van der Waals surface area contributed by atoms with Gasteiger partial charge < -0.3 is 1.43 Å². The molecule has 0 aliphatic heterocycles. The average Bonchev–Trinajstić information content (AvgIpc) is 1.69. The molecule has 0 radical (unpaired) electrons. The van der Waals surface area contributed by atoms with Crippen molar-refractivity contribution in [1.29, 1.82) is 0 Å². The van der Waals surface area contributed by atoms with Gasteiger partial charge in [-0.3, -0.25) is 0 Å². The summed E-state index contributed by atoms with van der Waals surface area (Å²) in [4.78, 5) is 7.60. The molecule has 0 fully saturated rings. The van der Waals surface area contributed by atoms with Crippen LogP contribution in [-0.4, -0.2) is 9.97 Å². The van der Waals surface area contributed by atoms with Gasteiger partial charge in [0.2, 0.25) is 0 Å². The molecule has 3 heteroatoms. The van der Waals surface area contributed by atoms with Gasteiger partial charge in [-0.25, -0.2) is 9.97 Å². The molecule has 0 unspecified atom stereocenters. The first-order valence-electron chi connectivity index (χ1n) is 2.12. The predicted molar refractivity (Wildman–Crippen MR) is 27.9 cm³/mol. The molecule has 0 saturated carbocycles. The zero-order valence-corrected chi connectivity index (χ0v) is 5.13. The number of aromatic nitrogens is 2. The van der Waals surface area contributed by atoms with Crippen molar-refractivity contribution >= 4 is 0 Å². The fraction of sp³-hybridized carbons (Fsp3) is 0.200. The van der Waals surface area contributed by atoms with Crippen LogP contribution in [0.15, 0.2) is 18.6 Å². The van der Waals surface area contributed by atoms with Crippen molar-refractivity contribution in [1.82, 2.24) is 9.97 Å². The first-order valence-corrected chi connectivity index (χ1v) is 2.12. The minimum absolute atomic E-state index is 0. The Bertz CT molecular complexity index is 145. The second-order valence-corrected chi connectivity index (χ2v) is 1.35. The molecule has 38 valence electrons. The summed E-state index contributed by atoms with van der Waals surface area (Å²) < 4.78 is 0. The van der Waals surface area contributed by atoms with Crippen molar-refractivity contribution in [2.75, 3.05) is 0 Å². The van der Waals surface area contributed by atoms with Gasteiger partial charge in [0, 0.05) is 11.9 Å². The van der Waals surface area contributed by atoms with Crippen LogP contribution in [0.25, 0.3) is 0 Å². The molecule has 1 rings (SSSR count). The molecule has 0 aliphatic rings. The number of rotatable bonds is 0. The van der Waals surface area contributed by atoms with Gasteiger partial charge in [0.25, 0.3) is 0 Å². The van der Waals surface area contributed by atoms with Gasteiger partial charge >= 0.3 is 18.9 Å². The molecule has 8 heavy (non-hydrogen) atoms. The van der Waals surface area contributed by atoms with Gasteiger partial charge in [0.15, 0.2) is 0 Å². The zero-order valence-electron chi connectivity index (χ0n) is 6.13. The quantitative estimate of drug-likeness (QED) is 0.351. The third-order valence-electron chi connectivity index (χ3n) is 0.730. The Kier molecular flexibility index (Phi) is 3.50. The van der Waals surface area contributed by atoms with E-state index in [0.29, 0.717) is 0 Å². The molecule has 0 saturated heterocycles. The Balaban J connectivity index is 0. The van der Waals surface area contributed by atoms with Crippen LogP contribution in [-0.2, 0) is 0 Å². The van der Waals surface area contributed by atoms with E-state index in [2.05, 4.69) is 9.97 Å². The van der Waals surface area contributed by atoms with Gasteiger partial charge in [-0.1, -0.05) is 0 Å². The standard InChI is InChI=1S/C5H6N2.Li.H/c1-5-2-3-6-4-7-5;;/h2-4H,1H3;;/q;+1;-1. The van der Waals surface area contributed by atoms with E-state index in [1.807, 2.05) is 13.0 Å². The van der Waals surface area contributed by atoms with E-state index >= 15 is 0 Å². The smallest absolute Gasteiger partial charge is 1.00 e. The van der Waals surface area contributed by atoms with Gasteiger partial charge in [-0.2, -0.15) is 0 Å². The van der Waals surface area contributed by atoms with Crippen molar-refractivity contribution in [3.8, 4) is 0 Å². The number of hydrogen-bond acceptors (Lipinski definition) is 2. The molecule has 0 aliphatic carbocycles. The minimum atomic E-state index is 0. The van der Waals surface area contributed by atoms with Gasteiger partial charge in [0.05, 0.1) is 0 Å². The third kappa shape index (κ3) is 2.11. The summed E-state index contributed by atoms with van der Waals surface area (Å²) in [6, 6.07) is 1.86. The number of aryl methyl sites for hydroxylation is 1. The summed E-state index contributed by atoms with van der Waals surface area (Å²) in [5.41, 5.74) is 1.01. The largest absolute Gasteiger partial charge is 1.00 e. The van der Waals surface area contributed by atoms with Crippen LogP contribution in [0.3, 0.4) is 0 Å². The maximum Gasteiger partial charge on any atom is 1.00 e. The second kappa shape index (κ2) is 3.65. The van der Waals surface area contributed by atoms with Crippen LogP contribution in [0.2, 0.25) is 0 Å². The Morgan fingerprint density at radius 1 is 1.62 bits per heavy atom. The molecule has 0 aromatic carbocycles. The SMILES string of the molecule is Cc1ccncn1.[H-].[Li+]. The van der Waals surface area contributed by atoms with E-state index in [1.54, 1.807) is 6.20 Å². The monoisotopic (exact) mass is 102 g/mol. The van der Waals surface area contributed by atoms with Crippen molar-refractivity contribution < 1.29 is 20.3 Å². The molecule has 0 amide bonds. The summed E-state index contributed by atoms with van der Waals surface area (Å²) >= 11 is 0. The van der Waals surface area contributed by atoms with Crippen molar-refractivity contribution in [3.63, 3.8) is 0 Å². The topological polar surface area (TPSA) is 25.8 Å². The Hall–Kier alpha value is -0.323. The van der Waals surface area contributed by atoms with Crippen molar-refractivity contribution in [3.05, 3.63) is 24.3 Å². The van der Waals surface area contributed by atoms with Crippen molar-refractivity contribution in [2.24, 2.45) is 0 Å². The van der Waals surface area contributed by atoms with E-state index in [1.165, 1.54) is 6.33 Å². The van der Waals surface area contributed by atoms with Crippen LogP contribution >= 0.6 is 0 Å². The molecule has 1 heterocycles. The fourth-order valence-corrected chi connectivity index (χ4v) is 0.357. The maximum absolute atomic E-state index is 3.87. The normalized spacial score (nSPS) is 7.62. The van der Waals surface area contributed by atoms with Crippen LogP contribution in [0, 0.1) is 6.92 Å². The first kappa shape index (κ1) is 7.68. The van der Waals surface area contributed by atoms with Gasteiger partial charge in [-0.05, 0) is 13.0 Å². The molecule has 0 N–H and O–H groups in total. The van der Waals surface area contributed by atoms with E-state index < -0.39 is 0 Å². The Labute approximate surface area is 62.0 Å². The molecule has 2 nitrogen and oxygen atoms in total. The Morgan fingerprint density at radius 3 is 2.62 bits per heavy atom. The third-order valence-corrected chi connectivity index (χ3v) is 0.730. The predicted octanol–water partition coefficient (Wildman–Crippen LogP) is -2.10. The van der Waals surface area contributed by atoms with Crippen LogP contribution < -0.4 is 18.9 Å². The molecular weight excluding hydrogens is 95.0 g/mol. The van der Waals surface area contributed by atoms with Crippen LogP contribution in [0.4, 0.5) is 0 Å². The summed E-state index contributed by atoms with van der Waals surface area (Å²) in [5.74, 6) is 0. The fourth-order valence-electron chi connectivity index (χ4n) is 0.357. The molecule has 0 bridgehead atoms. The zero-order chi connectivity index (χ0) is 5.11. The van der Waals surface area contributed by atoms with Gasteiger partial charge in [-0.15, -0.1) is 0 Å². The van der Waals surface area contributed by atoms with Crippen molar-refractivity contribution in [2.45, 2.75) is 6.92 Å². The van der Waals surface area contributed by atoms with E-state index in [-0.39, 0.29) is 20.3 Å². The minimum Gasteiger partial charge on any atom is -1.00 e. The first-order chi connectivity index (χ1) is 3.39. The average molecular weight is 102 g/mol. The molecular formula is C5H7LiN2. The van der Waals surface area contributed by atoms with Crippen LogP contribution in [0.5, 0.6) is 0 Å². The summed E-state index contributed by atoms with van der Waals surface area (Å²) in [5, 5.41) is 0. The summed E-state index contributed by atoms with van der Waals surface area (Å²) in [6.07, 6.45) is 3.26. The maximum atomic E-state index is 3.87. The van der Waals surface area contributed by atoms with E-state index in [0.717, 1.165) is 5.69 Å². The molecule has 0 spiro atoms. The number of hydrogen-bond donors (Lipinski definition) is 0. The van der Waals surface area contributed by atoms with Crippen LogP contribution in [0.1, 0.15) is 7.12 Å². The summed E-state index contributed by atoms with van der Waals surface area (Å²) in [6.45, 7) is 1.93. The van der Waals surface area contributed by atoms with E-state index in [4.69, 9.17) is 0 Å². The number of nitrogens with zero attached hydrogens (tertiary/aromatic N) is 2. The molecule has 1 aromatic heterocycles. The second-order valence-electron chi connectivity index (χ2n) is 1.35. The van der Waals surface area contributed by atoms with E-state index in [9.17, 15) is 0 Å². The Morgan fingerprint density at radius 2 is 2.38 bits per heavy atom. The summed E-state index contributed by atoms with van der Waals surface area (Å²) in [7, 11) is 0.